The van der Waals surface area contributed by atoms with Gasteiger partial charge in [-0.15, -0.1) is 0 Å². The molecule has 4 nitrogen and oxygen atoms in total. The molecule has 1 unspecified atom stereocenters. The summed E-state index contributed by atoms with van der Waals surface area (Å²) in [6.07, 6.45) is 0.901. The smallest absolute Gasteiger partial charge is 0.253 e. The average Bonchev–Trinajstić information content (AvgIpc) is 2.86. The van der Waals surface area contributed by atoms with Gasteiger partial charge in [-0.05, 0) is 30.7 Å². The van der Waals surface area contributed by atoms with E-state index in [1.807, 2.05) is 48.2 Å². The topological polar surface area (TPSA) is 43.8 Å². The van der Waals surface area contributed by atoms with E-state index >= 15 is 0 Å². The van der Waals surface area contributed by atoms with Crippen LogP contribution in [0.25, 0.3) is 0 Å². The van der Waals surface area contributed by atoms with E-state index in [0.29, 0.717) is 6.54 Å². The number of carbonyl (C=O) groups is 1. The number of likely N-dealkylation sites (tertiary alicyclic amines) is 1. The van der Waals surface area contributed by atoms with Crippen molar-refractivity contribution in [2.75, 3.05) is 38.7 Å². The molecule has 1 heterocycles. The summed E-state index contributed by atoms with van der Waals surface area (Å²) in [7, 11) is 3.95. The third-order valence-electron chi connectivity index (χ3n) is 3.46. The predicted molar refractivity (Wildman–Crippen MR) is 71.9 cm³/mol. The standard InChI is InChI=1S/C14H20N2O2/c1-15(2)13-5-3-12(4-6-13)14(18)16-8-7-11(9-16)10-17/h3-6,11,17H,7-10H2,1-2H3. The molecule has 1 atom stereocenters. The molecule has 1 aromatic rings. The van der Waals surface area contributed by atoms with Crippen molar-refractivity contribution in [1.29, 1.82) is 0 Å². The zero-order valence-electron chi connectivity index (χ0n) is 11.0. The number of benzene rings is 1. The Bertz CT molecular complexity index is 414. The van der Waals surface area contributed by atoms with E-state index in [0.717, 1.165) is 24.2 Å². The monoisotopic (exact) mass is 248 g/mol. The second-order valence-corrected chi connectivity index (χ2v) is 5.03. The molecule has 0 radical (unpaired) electrons. The molecule has 1 amide bonds. The van der Waals surface area contributed by atoms with Crippen LogP contribution in [0, 0.1) is 5.92 Å². The Morgan fingerprint density at radius 2 is 2.06 bits per heavy atom. The van der Waals surface area contributed by atoms with Gasteiger partial charge < -0.3 is 14.9 Å². The van der Waals surface area contributed by atoms with Crippen LogP contribution >= 0.6 is 0 Å². The molecular formula is C14H20N2O2. The normalized spacial score (nSPS) is 19.1. The molecule has 0 aliphatic carbocycles. The molecule has 1 fully saturated rings. The van der Waals surface area contributed by atoms with Crippen molar-refractivity contribution >= 4 is 11.6 Å². The fourth-order valence-electron chi connectivity index (χ4n) is 2.25. The van der Waals surface area contributed by atoms with Crippen LogP contribution in [0.4, 0.5) is 5.69 Å². The molecule has 0 aromatic heterocycles. The summed E-state index contributed by atoms with van der Waals surface area (Å²) in [4.78, 5) is 16.1. The summed E-state index contributed by atoms with van der Waals surface area (Å²) in [5, 5.41) is 9.09. The van der Waals surface area contributed by atoms with Crippen molar-refractivity contribution in [1.82, 2.24) is 4.90 Å². The third-order valence-corrected chi connectivity index (χ3v) is 3.46. The number of amides is 1. The van der Waals surface area contributed by atoms with Crippen LogP contribution in [0.3, 0.4) is 0 Å². The summed E-state index contributed by atoms with van der Waals surface area (Å²) < 4.78 is 0. The van der Waals surface area contributed by atoms with Crippen LogP contribution in [-0.2, 0) is 0 Å². The second kappa shape index (κ2) is 5.40. The summed E-state index contributed by atoms with van der Waals surface area (Å²) in [6, 6.07) is 7.63. The van der Waals surface area contributed by atoms with Gasteiger partial charge in [-0.1, -0.05) is 0 Å². The Hall–Kier alpha value is -1.55. The molecular weight excluding hydrogens is 228 g/mol. The highest BCUT2D eigenvalue weighted by atomic mass is 16.3. The van der Waals surface area contributed by atoms with Crippen molar-refractivity contribution in [3.05, 3.63) is 29.8 Å². The first-order chi connectivity index (χ1) is 8.61. The van der Waals surface area contributed by atoms with Gasteiger partial charge in [-0.2, -0.15) is 0 Å². The molecule has 0 spiro atoms. The summed E-state index contributed by atoms with van der Waals surface area (Å²) in [6.45, 7) is 1.59. The SMILES string of the molecule is CN(C)c1ccc(C(=O)N2CCC(CO)C2)cc1. The van der Waals surface area contributed by atoms with E-state index in [1.54, 1.807) is 0 Å². The van der Waals surface area contributed by atoms with Crippen molar-refractivity contribution in [3.8, 4) is 0 Å². The van der Waals surface area contributed by atoms with E-state index in [4.69, 9.17) is 5.11 Å². The van der Waals surface area contributed by atoms with Gasteiger partial charge in [0.2, 0.25) is 0 Å². The molecule has 1 aromatic carbocycles. The first-order valence-electron chi connectivity index (χ1n) is 6.29. The second-order valence-electron chi connectivity index (χ2n) is 5.03. The lowest BCUT2D eigenvalue weighted by molar-refractivity contribution is 0.0782. The maximum absolute atomic E-state index is 12.2. The van der Waals surface area contributed by atoms with Crippen LogP contribution in [-0.4, -0.2) is 49.7 Å². The Morgan fingerprint density at radius 1 is 1.39 bits per heavy atom. The number of hydrogen-bond acceptors (Lipinski definition) is 3. The number of aliphatic hydroxyl groups is 1. The molecule has 18 heavy (non-hydrogen) atoms. The van der Waals surface area contributed by atoms with Crippen molar-refractivity contribution in [2.45, 2.75) is 6.42 Å². The van der Waals surface area contributed by atoms with Crippen molar-refractivity contribution < 1.29 is 9.90 Å². The predicted octanol–water partition coefficient (Wildman–Crippen LogP) is 1.21. The van der Waals surface area contributed by atoms with Gasteiger partial charge >= 0.3 is 0 Å². The first kappa shape index (κ1) is 12.9. The number of nitrogens with zero attached hydrogens (tertiary/aromatic N) is 2. The van der Waals surface area contributed by atoms with Gasteiger partial charge in [0.15, 0.2) is 0 Å². The molecule has 2 rings (SSSR count). The van der Waals surface area contributed by atoms with E-state index in [2.05, 4.69) is 0 Å². The van der Waals surface area contributed by atoms with Crippen LogP contribution in [0.5, 0.6) is 0 Å². The molecule has 1 aliphatic heterocycles. The first-order valence-corrected chi connectivity index (χ1v) is 6.29. The third kappa shape index (κ3) is 2.64. The molecule has 98 valence electrons. The maximum Gasteiger partial charge on any atom is 0.253 e. The van der Waals surface area contributed by atoms with Gasteiger partial charge in [0.1, 0.15) is 0 Å². The van der Waals surface area contributed by atoms with E-state index < -0.39 is 0 Å². The Morgan fingerprint density at radius 3 is 2.56 bits per heavy atom. The number of rotatable bonds is 3. The molecule has 4 heteroatoms. The van der Waals surface area contributed by atoms with E-state index in [1.165, 1.54) is 0 Å². The Balaban J connectivity index is 2.05. The minimum absolute atomic E-state index is 0.0660. The fraction of sp³-hybridized carbons (Fsp3) is 0.500. The fourth-order valence-corrected chi connectivity index (χ4v) is 2.25. The average molecular weight is 248 g/mol. The largest absolute Gasteiger partial charge is 0.396 e. The lowest BCUT2D eigenvalue weighted by atomic mass is 10.1. The van der Waals surface area contributed by atoms with Gasteiger partial charge in [-0.25, -0.2) is 0 Å². The lowest BCUT2D eigenvalue weighted by Gasteiger charge is -2.17. The van der Waals surface area contributed by atoms with E-state index in [9.17, 15) is 4.79 Å². The number of carbonyl (C=O) groups excluding carboxylic acids is 1. The van der Waals surface area contributed by atoms with Gasteiger partial charge in [0.05, 0.1) is 0 Å². The van der Waals surface area contributed by atoms with Crippen LogP contribution in [0.1, 0.15) is 16.8 Å². The van der Waals surface area contributed by atoms with Crippen LogP contribution in [0.2, 0.25) is 0 Å². The minimum atomic E-state index is 0.0660. The van der Waals surface area contributed by atoms with Crippen molar-refractivity contribution in [3.63, 3.8) is 0 Å². The number of hydrogen-bond donors (Lipinski definition) is 1. The maximum atomic E-state index is 12.2. The molecule has 1 saturated heterocycles. The molecule has 1 N–H and O–H groups in total. The lowest BCUT2D eigenvalue weighted by Crippen LogP contribution is -2.29. The van der Waals surface area contributed by atoms with Crippen molar-refractivity contribution in [2.24, 2.45) is 5.92 Å². The minimum Gasteiger partial charge on any atom is -0.396 e. The van der Waals surface area contributed by atoms with Gasteiger partial charge in [-0.3, -0.25) is 4.79 Å². The van der Waals surface area contributed by atoms with Crippen LogP contribution in [0.15, 0.2) is 24.3 Å². The van der Waals surface area contributed by atoms with Gasteiger partial charge in [0.25, 0.3) is 5.91 Å². The molecule has 1 aliphatic rings. The van der Waals surface area contributed by atoms with E-state index in [-0.39, 0.29) is 18.4 Å². The summed E-state index contributed by atoms with van der Waals surface area (Å²) >= 11 is 0. The molecule has 0 saturated carbocycles. The summed E-state index contributed by atoms with van der Waals surface area (Å²) in [5.74, 6) is 0.311. The summed E-state index contributed by atoms with van der Waals surface area (Å²) in [5.41, 5.74) is 1.81. The Labute approximate surface area is 108 Å². The zero-order chi connectivity index (χ0) is 13.1. The zero-order valence-corrected chi connectivity index (χ0v) is 11.0. The Kier molecular flexibility index (Phi) is 3.87. The van der Waals surface area contributed by atoms with Gasteiger partial charge in [0, 0.05) is 51.0 Å². The highest BCUT2D eigenvalue weighted by molar-refractivity contribution is 5.94. The highest BCUT2D eigenvalue weighted by Gasteiger charge is 2.26. The highest BCUT2D eigenvalue weighted by Crippen LogP contribution is 2.19. The number of aliphatic hydroxyl groups excluding tert-OH is 1. The van der Waals surface area contributed by atoms with Crippen LogP contribution < -0.4 is 4.90 Å². The quantitative estimate of drug-likeness (QED) is 0.874. The number of anilines is 1. The molecule has 0 bridgehead atoms.